The zero-order chi connectivity index (χ0) is 25.4. The van der Waals surface area contributed by atoms with E-state index in [0.717, 1.165) is 16.9 Å². The Hall–Kier alpha value is -2.47. The predicted molar refractivity (Wildman–Crippen MR) is 126 cm³/mol. The van der Waals surface area contributed by atoms with Crippen LogP contribution in [0.3, 0.4) is 0 Å². The number of hydrogen-bond acceptors (Lipinski definition) is 5. The molecule has 188 valence electrons. The minimum absolute atomic E-state index is 0.152. The van der Waals surface area contributed by atoms with E-state index in [-0.39, 0.29) is 34.7 Å². The van der Waals surface area contributed by atoms with Gasteiger partial charge in [0.05, 0.1) is 0 Å². The summed E-state index contributed by atoms with van der Waals surface area (Å²) in [6.07, 6.45) is -4.43. The van der Waals surface area contributed by atoms with Crippen LogP contribution in [0.15, 0.2) is 70.3 Å². The van der Waals surface area contributed by atoms with Gasteiger partial charge in [0.2, 0.25) is 0 Å². The average molecular weight is 529 g/mol. The molecule has 2 unspecified atom stereocenters. The number of rotatable bonds is 6. The number of anilines is 1. The van der Waals surface area contributed by atoms with Gasteiger partial charge in [-0.3, -0.25) is 0 Å². The molecule has 35 heavy (non-hydrogen) atoms. The summed E-state index contributed by atoms with van der Waals surface area (Å²) in [5.41, 5.74) is -1.88. The Balaban J connectivity index is 1.63. The molecular weight excluding hydrogens is 504 g/mol. The quantitative estimate of drug-likeness (QED) is 0.468. The number of thiophene rings is 1. The highest BCUT2D eigenvalue weighted by atomic mass is 32.2. The van der Waals surface area contributed by atoms with Gasteiger partial charge in [-0.1, -0.05) is 30.3 Å². The van der Waals surface area contributed by atoms with Gasteiger partial charge in [0.15, 0.2) is 5.60 Å². The SMILES string of the molecule is CC(O)(c1ccc(N2CCN(S(=O)(=O)c3cccs3)CC2Cc2ccc(F)cc2)cc1)C(F)(F)F. The van der Waals surface area contributed by atoms with Crippen LogP contribution in [0.4, 0.5) is 23.2 Å². The van der Waals surface area contributed by atoms with E-state index in [1.807, 2.05) is 4.90 Å². The minimum Gasteiger partial charge on any atom is -0.376 e. The zero-order valence-corrected chi connectivity index (χ0v) is 20.4. The number of alkyl halides is 3. The highest BCUT2D eigenvalue weighted by molar-refractivity contribution is 7.91. The minimum atomic E-state index is -4.83. The lowest BCUT2D eigenvalue weighted by Gasteiger charge is -2.42. The van der Waals surface area contributed by atoms with Crippen LogP contribution in [0.1, 0.15) is 18.1 Å². The van der Waals surface area contributed by atoms with Crippen molar-refractivity contribution >= 4 is 27.0 Å². The van der Waals surface area contributed by atoms with Crippen molar-refractivity contribution in [2.24, 2.45) is 0 Å². The van der Waals surface area contributed by atoms with Crippen molar-refractivity contribution in [3.8, 4) is 0 Å². The van der Waals surface area contributed by atoms with Gasteiger partial charge in [-0.2, -0.15) is 17.5 Å². The fourth-order valence-electron chi connectivity index (χ4n) is 4.13. The van der Waals surface area contributed by atoms with Crippen molar-refractivity contribution < 1.29 is 31.1 Å². The molecule has 0 radical (unpaired) electrons. The van der Waals surface area contributed by atoms with Gasteiger partial charge in [0.25, 0.3) is 10.0 Å². The Morgan fingerprint density at radius 3 is 2.26 bits per heavy atom. The second-order valence-electron chi connectivity index (χ2n) is 8.59. The second kappa shape index (κ2) is 9.53. The van der Waals surface area contributed by atoms with Crippen LogP contribution in [0, 0.1) is 5.82 Å². The number of nitrogens with zero attached hydrogens (tertiary/aromatic N) is 2. The van der Waals surface area contributed by atoms with E-state index in [1.165, 1.54) is 40.7 Å². The zero-order valence-electron chi connectivity index (χ0n) is 18.7. The lowest BCUT2D eigenvalue weighted by Crippen LogP contribution is -2.55. The van der Waals surface area contributed by atoms with Crippen LogP contribution in [-0.2, 0) is 22.0 Å². The molecule has 0 saturated carbocycles. The van der Waals surface area contributed by atoms with Crippen molar-refractivity contribution in [2.75, 3.05) is 24.5 Å². The smallest absolute Gasteiger partial charge is 0.376 e. The summed E-state index contributed by atoms with van der Waals surface area (Å²) in [5, 5.41) is 11.7. The van der Waals surface area contributed by atoms with E-state index in [4.69, 9.17) is 0 Å². The summed E-state index contributed by atoms with van der Waals surface area (Å²) in [6.45, 7) is 1.36. The van der Waals surface area contributed by atoms with Crippen LogP contribution >= 0.6 is 11.3 Å². The van der Waals surface area contributed by atoms with Gasteiger partial charge >= 0.3 is 6.18 Å². The van der Waals surface area contributed by atoms with E-state index in [0.29, 0.717) is 25.6 Å². The maximum absolute atomic E-state index is 13.4. The van der Waals surface area contributed by atoms with E-state index in [9.17, 15) is 31.1 Å². The highest BCUT2D eigenvalue weighted by Gasteiger charge is 2.51. The molecule has 3 aromatic rings. The van der Waals surface area contributed by atoms with E-state index in [1.54, 1.807) is 29.6 Å². The lowest BCUT2D eigenvalue weighted by molar-refractivity contribution is -0.258. The summed E-state index contributed by atoms with van der Waals surface area (Å²) < 4.78 is 81.0. The van der Waals surface area contributed by atoms with Crippen molar-refractivity contribution in [1.82, 2.24) is 4.31 Å². The normalized spacial score (nSPS) is 19.5. The largest absolute Gasteiger partial charge is 0.421 e. The van der Waals surface area contributed by atoms with Crippen LogP contribution in [-0.4, -0.2) is 49.7 Å². The molecule has 2 aromatic carbocycles. The molecule has 1 aliphatic heterocycles. The van der Waals surface area contributed by atoms with Gasteiger partial charge in [-0.25, -0.2) is 12.8 Å². The fraction of sp³-hybridized carbons (Fsp3) is 0.333. The Morgan fingerprint density at radius 1 is 1.03 bits per heavy atom. The molecule has 1 aromatic heterocycles. The first-order chi connectivity index (χ1) is 16.4. The second-order valence-corrected chi connectivity index (χ2v) is 11.7. The van der Waals surface area contributed by atoms with E-state index in [2.05, 4.69) is 0 Å². The average Bonchev–Trinajstić information content (AvgIpc) is 3.36. The van der Waals surface area contributed by atoms with Crippen LogP contribution in [0.25, 0.3) is 0 Å². The molecule has 4 rings (SSSR count). The summed E-state index contributed by atoms with van der Waals surface area (Å²) in [4.78, 5) is 1.94. The van der Waals surface area contributed by atoms with Crippen molar-refractivity contribution in [3.05, 3.63) is 83.0 Å². The standard InChI is InChI=1S/C24H24F4N2O3S2/c1-23(31,24(26,27)28)18-6-10-20(11-7-18)30-13-12-29(35(32,33)22-3-2-14-34-22)16-21(30)15-17-4-8-19(25)9-5-17/h2-11,14,21,31H,12-13,15-16H2,1H3. The number of benzene rings is 2. The third kappa shape index (κ3) is 5.23. The third-order valence-corrected chi connectivity index (χ3v) is 9.47. The Morgan fingerprint density at radius 2 is 1.69 bits per heavy atom. The summed E-state index contributed by atoms with van der Waals surface area (Å²) in [7, 11) is -3.69. The molecule has 1 aliphatic rings. The summed E-state index contributed by atoms with van der Waals surface area (Å²) in [5.74, 6) is -0.386. The molecule has 1 fully saturated rings. The van der Waals surface area contributed by atoms with E-state index >= 15 is 0 Å². The number of hydrogen-bond donors (Lipinski definition) is 1. The molecule has 0 aliphatic carbocycles. The lowest BCUT2D eigenvalue weighted by atomic mass is 9.94. The topological polar surface area (TPSA) is 60.9 Å². The summed E-state index contributed by atoms with van der Waals surface area (Å²) >= 11 is 1.13. The number of halogens is 4. The maximum atomic E-state index is 13.4. The van der Waals surface area contributed by atoms with Crippen molar-refractivity contribution in [3.63, 3.8) is 0 Å². The third-order valence-electron chi connectivity index (χ3n) is 6.23. The van der Waals surface area contributed by atoms with Gasteiger partial charge in [0.1, 0.15) is 10.0 Å². The molecule has 5 nitrogen and oxygen atoms in total. The van der Waals surface area contributed by atoms with Crippen LogP contribution < -0.4 is 4.90 Å². The van der Waals surface area contributed by atoms with Gasteiger partial charge in [0, 0.05) is 31.4 Å². The molecule has 2 atom stereocenters. The number of aliphatic hydroxyl groups is 1. The first kappa shape index (κ1) is 25.6. The van der Waals surface area contributed by atoms with Crippen molar-refractivity contribution in [2.45, 2.75) is 35.4 Å². The van der Waals surface area contributed by atoms with Crippen LogP contribution in [0.2, 0.25) is 0 Å². The molecular formula is C24H24F4N2O3S2. The van der Waals surface area contributed by atoms with Gasteiger partial charge in [-0.15, -0.1) is 11.3 Å². The summed E-state index contributed by atoms with van der Waals surface area (Å²) in [6, 6.07) is 14.2. The monoisotopic (exact) mass is 528 g/mol. The van der Waals surface area contributed by atoms with Gasteiger partial charge < -0.3 is 10.0 Å². The van der Waals surface area contributed by atoms with Crippen molar-refractivity contribution in [1.29, 1.82) is 0 Å². The molecule has 1 N–H and O–H groups in total. The fourth-order valence-corrected chi connectivity index (χ4v) is 6.74. The van der Waals surface area contributed by atoms with Gasteiger partial charge in [-0.05, 0) is 60.2 Å². The predicted octanol–water partition coefficient (Wildman–Crippen LogP) is 4.78. The molecule has 0 amide bonds. The first-order valence-electron chi connectivity index (χ1n) is 10.8. The maximum Gasteiger partial charge on any atom is 0.421 e. The van der Waals surface area contributed by atoms with E-state index < -0.39 is 21.8 Å². The highest BCUT2D eigenvalue weighted by Crippen LogP contribution is 2.39. The molecule has 1 saturated heterocycles. The number of piperazine rings is 1. The first-order valence-corrected chi connectivity index (χ1v) is 13.2. The Kier molecular flexibility index (Phi) is 6.98. The molecule has 0 spiro atoms. The molecule has 2 heterocycles. The molecule has 0 bridgehead atoms. The number of sulfonamides is 1. The van der Waals surface area contributed by atoms with Crippen LogP contribution in [0.5, 0.6) is 0 Å². The Bertz CT molecular complexity index is 1240. The Labute approximate surface area is 205 Å². The molecule has 11 heteroatoms.